The SMILES string of the molecule is Nc1nc(Cl)nc2c1ccn2[C@@H]1O[C@H](C[O])[C@@H](O)[C@@H]1F. The number of hydrogen-bond acceptors (Lipinski definition) is 5. The first kappa shape index (κ1) is 13.5. The molecule has 3 rings (SSSR count). The van der Waals surface area contributed by atoms with Crippen LogP contribution < -0.4 is 5.73 Å². The maximum Gasteiger partial charge on any atom is 0.226 e. The van der Waals surface area contributed by atoms with E-state index in [2.05, 4.69) is 9.97 Å². The smallest absolute Gasteiger partial charge is 0.226 e. The first-order valence-electron chi connectivity index (χ1n) is 5.88. The van der Waals surface area contributed by atoms with Crippen LogP contribution in [0.4, 0.5) is 10.2 Å². The zero-order chi connectivity index (χ0) is 14.4. The Bertz CT molecular complexity index is 652. The Hall–Kier alpha value is -1.48. The molecule has 0 unspecified atom stereocenters. The van der Waals surface area contributed by atoms with E-state index in [1.165, 1.54) is 10.8 Å². The highest BCUT2D eigenvalue weighted by atomic mass is 35.5. The van der Waals surface area contributed by atoms with Gasteiger partial charge >= 0.3 is 0 Å². The fourth-order valence-electron chi connectivity index (χ4n) is 2.30. The lowest BCUT2D eigenvalue weighted by molar-refractivity contribution is -0.0591. The second-order valence-electron chi connectivity index (χ2n) is 4.50. The van der Waals surface area contributed by atoms with Gasteiger partial charge in [-0.05, 0) is 17.7 Å². The van der Waals surface area contributed by atoms with Crippen LogP contribution in [-0.2, 0) is 9.84 Å². The van der Waals surface area contributed by atoms with E-state index in [4.69, 9.17) is 22.1 Å². The summed E-state index contributed by atoms with van der Waals surface area (Å²) in [6.45, 7) is -0.727. The number of anilines is 1. The van der Waals surface area contributed by atoms with Crippen molar-refractivity contribution in [3.63, 3.8) is 0 Å². The lowest BCUT2D eigenvalue weighted by Crippen LogP contribution is -2.30. The molecule has 107 valence electrons. The van der Waals surface area contributed by atoms with Crippen molar-refractivity contribution in [3.05, 3.63) is 17.5 Å². The van der Waals surface area contributed by atoms with E-state index >= 15 is 0 Å². The second kappa shape index (κ2) is 4.81. The quantitative estimate of drug-likeness (QED) is 0.794. The Morgan fingerprint density at radius 2 is 2.30 bits per heavy atom. The summed E-state index contributed by atoms with van der Waals surface area (Å²) in [6.07, 6.45) is -3.94. The van der Waals surface area contributed by atoms with Gasteiger partial charge in [-0.25, -0.2) is 14.5 Å². The van der Waals surface area contributed by atoms with Gasteiger partial charge in [-0.2, -0.15) is 4.98 Å². The van der Waals surface area contributed by atoms with Crippen molar-refractivity contribution in [2.45, 2.75) is 24.6 Å². The minimum Gasteiger partial charge on any atom is -0.387 e. The molecule has 1 radical (unpaired) electrons. The Labute approximate surface area is 117 Å². The van der Waals surface area contributed by atoms with Crippen LogP contribution in [0.5, 0.6) is 0 Å². The third-order valence-corrected chi connectivity index (χ3v) is 3.48. The number of aliphatic hydroxyl groups is 1. The van der Waals surface area contributed by atoms with E-state index in [1.807, 2.05) is 0 Å². The highest BCUT2D eigenvalue weighted by Gasteiger charge is 2.45. The molecule has 0 aliphatic carbocycles. The van der Waals surface area contributed by atoms with Crippen molar-refractivity contribution >= 4 is 28.5 Å². The summed E-state index contributed by atoms with van der Waals surface area (Å²) in [7, 11) is 0. The number of aromatic nitrogens is 3. The molecule has 0 saturated carbocycles. The molecule has 1 aliphatic heterocycles. The van der Waals surface area contributed by atoms with Gasteiger partial charge in [-0.15, -0.1) is 0 Å². The van der Waals surface area contributed by atoms with Crippen molar-refractivity contribution in [2.75, 3.05) is 12.3 Å². The van der Waals surface area contributed by atoms with Crippen LogP contribution in [0, 0.1) is 0 Å². The zero-order valence-corrected chi connectivity index (χ0v) is 10.9. The van der Waals surface area contributed by atoms with Crippen LogP contribution in [0.2, 0.25) is 5.28 Å². The number of aliphatic hydroxyl groups excluding tert-OH is 1. The highest BCUT2D eigenvalue weighted by molar-refractivity contribution is 6.28. The molecule has 1 fully saturated rings. The standard InChI is InChI=1S/C11H11ClFN4O3/c12-11-15-8(14)4-1-2-17(9(4)16-11)10-6(13)7(19)5(3-18)20-10/h1-2,5-7,10,19H,3H2,(H2,14,15,16)/t5-,6+,7-,10-/m1/s1. The Morgan fingerprint density at radius 3 is 2.95 bits per heavy atom. The monoisotopic (exact) mass is 301 g/mol. The Kier molecular flexibility index (Phi) is 3.25. The van der Waals surface area contributed by atoms with Gasteiger partial charge in [0.05, 0.1) is 5.39 Å². The van der Waals surface area contributed by atoms with E-state index in [0.29, 0.717) is 5.39 Å². The lowest BCUT2D eigenvalue weighted by Gasteiger charge is -2.15. The molecule has 7 nitrogen and oxygen atoms in total. The van der Waals surface area contributed by atoms with E-state index in [0.717, 1.165) is 0 Å². The largest absolute Gasteiger partial charge is 0.387 e. The maximum absolute atomic E-state index is 14.1. The normalized spacial score (nSPS) is 30.2. The molecular formula is C11H11ClFN4O3. The number of hydrogen-bond donors (Lipinski definition) is 2. The van der Waals surface area contributed by atoms with Crippen molar-refractivity contribution in [1.29, 1.82) is 0 Å². The van der Waals surface area contributed by atoms with E-state index in [9.17, 15) is 14.6 Å². The number of nitrogens with zero attached hydrogens (tertiary/aromatic N) is 3. The predicted molar refractivity (Wildman–Crippen MR) is 67.3 cm³/mol. The molecule has 1 saturated heterocycles. The van der Waals surface area contributed by atoms with Gasteiger partial charge < -0.3 is 20.1 Å². The molecule has 3 N–H and O–H groups in total. The van der Waals surface area contributed by atoms with Crippen LogP contribution in [0.1, 0.15) is 6.23 Å². The number of rotatable bonds is 2. The minimum absolute atomic E-state index is 0.0794. The Morgan fingerprint density at radius 1 is 1.55 bits per heavy atom. The summed E-state index contributed by atoms with van der Waals surface area (Å²) < 4.78 is 20.7. The summed E-state index contributed by atoms with van der Waals surface area (Å²) >= 11 is 5.73. The summed E-state index contributed by atoms with van der Waals surface area (Å²) in [4.78, 5) is 7.77. The molecule has 2 aromatic heterocycles. The first-order chi connectivity index (χ1) is 9.52. The topological polar surface area (TPSA) is 106 Å². The minimum atomic E-state index is -1.74. The number of nitrogens with two attached hydrogens (primary N) is 1. The molecule has 9 heteroatoms. The van der Waals surface area contributed by atoms with Gasteiger partial charge in [0, 0.05) is 6.20 Å². The van der Waals surface area contributed by atoms with Gasteiger partial charge in [0.1, 0.15) is 30.3 Å². The van der Waals surface area contributed by atoms with E-state index in [1.54, 1.807) is 6.07 Å². The highest BCUT2D eigenvalue weighted by Crippen LogP contribution is 2.34. The molecular weight excluding hydrogens is 291 g/mol. The predicted octanol–water partition coefficient (Wildman–Crippen LogP) is 0.694. The van der Waals surface area contributed by atoms with Crippen molar-refractivity contribution in [1.82, 2.24) is 14.5 Å². The van der Waals surface area contributed by atoms with Crippen LogP contribution in [0.3, 0.4) is 0 Å². The molecule has 1 aliphatic rings. The van der Waals surface area contributed by atoms with Gasteiger partial charge in [-0.3, -0.25) is 0 Å². The number of ether oxygens (including phenoxy) is 1. The van der Waals surface area contributed by atoms with Crippen molar-refractivity contribution in [3.8, 4) is 0 Å². The van der Waals surface area contributed by atoms with Crippen LogP contribution in [0.25, 0.3) is 11.0 Å². The zero-order valence-electron chi connectivity index (χ0n) is 10.1. The summed E-state index contributed by atoms with van der Waals surface area (Å²) in [6, 6.07) is 1.59. The number of alkyl halides is 1. The van der Waals surface area contributed by atoms with Gasteiger partial charge in [-0.1, -0.05) is 0 Å². The van der Waals surface area contributed by atoms with Gasteiger partial charge in [0.25, 0.3) is 0 Å². The molecule has 0 bridgehead atoms. The van der Waals surface area contributed by atoms with E-state index in [-0.39, 0.29) is 16.7 Å². The van der Waals surface area contributed by atoms with Crippen LogP contribution >= 0.6 is 11.6 Å². The third kappa shape index (κ3) is 1.92. The fourth-order valence-corrected chi connectivity index (χ4v) is 2.47. The Balaban J connectivity index is 2.07. The molecule has 0 aromatic carbocycles. The molecule has 2 aromatic rings. The second-order valence-corrected chi connectivity index (χ2v) is 4.84. The molecule has 0 amide bonds. The first-order valence-corrected chi connectivity index (χ1v) is 6.26. The molecule has 4 atom stereocenters. The van der Waals surface area contributed by atoms with Gasteiger partial charge in [0.15, 0.2) is 12.4 Å². The van der Waals surface area contributed by atoms with Crippen molar-refractivity contribution < 1.29 is 19.3 Å². The number of fused-ring (bicyclic) bond motifs is 1. The molecule has 20 heavy (non-hydrogen) atoms. The van der Waals surface area contributed by atoms with Crippen molar-refractivity contribution in [2.24, 2.45) is 0 Å². The average molecular weight is 302 g/mol. The van der Waals surface area contributed by atoms with Crippen LogP contribution in [-0.4, -0.2) is 44.6 Å². The summed E-state index contributed by atoms with van der Waals surface area (Å²) in [5.74, 6) is 0.160. The number of halogens is 2. The molecule has 3 heterocycles. The number of nitrogen functional groups attached to an aromatic ring is 1. The van der Waals surface area contributed by atoms with Gasteiger partial charge in [0.2, 0.25) is 5.28 Å². The van der Waals surface area contributed by atoms with Crippen LogP contribution in [0.15, 0.2) is 12.3 Å². The lowest BCUT2D eigenvalue weighted by atomic mass is 10.1. The summed E-state index contributed by atoms with van der Waals surface area (Å²) in [5.41, 5.74) is 5.99. The molecule has 0 spiro atoms. The third-order valence-electron chi connectivity index (χ3n) is 3.31. The summed E-state index contributed by atoms with van der Waals surface area (Å²) in [5, 5.41) is 20.9. The fraction of sp³-hybridized carbons (Fsp3) is 0.455. The average Bonchev–Trinajstić information content (AvgIpc) is 2.93. The van der Waals surface area contributed by atoms with E-state index < -0.39 is 31.2 Å². The maximum atomic E-state index is 14.1.